The number of H-pyrrole nitrogens is 1. The molecule has 2 heterocycles. The predicted octanol–water partition coefficient (Wildman–Crippen LogP) is 5.41. The van der Waals surface area contributed by atoms with E-state index in [4.69, 9.17) is 4.74 Å². The number of aromatic amines is 1. The van der Waals surface area contributed by atoms with E-state index in [0.717, 1.165) is 46.1 Å². The number of hydrogen-bond donors (Lipinski definition) is 2. The molecule has 1 aromatic carbocycles. The lowest BCUT2D eigenvalue weighted by Gasteiger charge is -2.37. The second-order valence-corrected chi connectivity index (χ2v) is 9.12. The number of carbonyl (C=O) groups excluding carboxylic acids is 1. The Morgan fingerprint density at radius 2 is 1.93 bits per heavy atom. The number of ketones is 1. The van der Waals surface area contributed by atoms with Crippen LogP contribution >= 0.6 is 0 Å². The fourth-order valence-electron chi connectivity index (χ4n) is 4.42. The Balaban J connectivity index is 1.79. The maximum absolute atomic E-state index is 13.2. The summed E-state index contributed by atoms with van der Waals surface area (Å²) < 4.78 is 5.25. The molecule has 1 aromatic heterocycles. The molecule has 29 heavy (non-hydrogen) atoms. The molecule has 152 valence electrons. The third kappa shape index (κ3) is 3.61. The average Bonchev–Trinajstić information content (AvgIpc) is 3.08. The Hall–Kier alpha value is -2.82. The van der Waals surface area contributed by atoms with Crippen LogP contribution in [0.1, 0.15) is 69.2 Å². The van der Waals surface area contributed by atoms with Crippen LogP contribution < -0.4 is 10.1 Å². The first kappa shape index (κ1) is 19.5. The van der Waals surface area contributed by atoms with Gasteiger partial charge in [0.25, 0.3) is 0 Å². The highest BCUT2D eigenvalue weighted by molar-refractivity contribution is 6.01. The van der Waals surface area contributed by atoms with Crippen molar-refractivity contribution < 1.29 is 9.53 Å². The van der Waals surface area contributed by atoms with Crippen LogP contribution in [0.15, 0.2) is 41.6 Å². The molecular formula is C24H29N3O2. The van der Waals surface area contributed by atoms with E-state index >= 15 is 0 Å². The molecule has 1 aliphatic carbocycles. The Bertz CT molecular complexity index is 994. The van der Waals surface area contributed by atoms with E-state index in [9.17, 15) is 4.79 Å². The van der Waals surface area contributed by atoms with Gasteiger partial charge in [-0.1, -0.05) is 52.0 Å². The Labute approximate surface area is 172 Å². The number of benzene rings is 1. The molecular weight excluding hydrogens is 362 g/mol. The van der Waals surface area contributed by atoms with Crippen LogP contribution in [0.25, 0.3) is 6.08 Å². The number of nitrogens with one attached hydrogen (secondary N) is 2. The van der Waals surface area contributed by atoms with E-state index in [1.54, 1.807) is 7.11 Å². The molecule has 2 aliphatic rings. The van der Waals surface area contributed by atoms with Crippen LogP contribution in [-0.4, -0.2) is 23.1 Å². The summed E-state index contributed by atoms with van der Waals surface area (Å²) in [5.41, 5.74) is 5.13. The topological polar surface area (TPSA) is 67.0 Å². The molecule has 5 heteroatoms. The third-order valence-electron chi connectivity index (χ3n) is 5.82. The van der Waals surface area contributed by atoms with Gasteiger partial charge in [0.05, 0.1) is 7.11 Å². The van der Waals surface area contributed by atoms with Gasteiger partial charge in [-0.15, -0.1) is 0 Å². The number of carbonyl (C=O) groups is 1. The molecule has 1 unspecified atom stereocenters. The summed E-state index contributed by atoms with van der Waals surface area (Å²) in [4.78, 5) is 13.2. The van der Waals surface area contributed by atoms with Gasteiger partial charge in [0.1, 0.15) is 5.75 Å². The number of nitrogens with zero attached hydrogens (tertiary/aromatic N) is 1. The van der Waals surface area contributed by atoms with E-state index in [2.05, 4.69) is 55.4 Å². The van der Waals surface area contributed by atoms with Crippen LogP contribution in [0.2, 0.25) is 0 Å². The number of Topliss-reactive ketones (excluding diaryl/α,β-unsaturated/α-hetero) is 1. The second kappa shape index (κ2) is 7.21. The fourth-order valence-corrected chi connectivity index (χ4v) is 4.42. The van der Waals surface area contributed by atoms with Crippen LogP contribution in [0.5, 0.6) is 5.75 Å². The summed E-state index contributed by atoms with van der Waals surface area (Å²) in [7, 11) is 1.66. The number of rotatable bonds is 4. The van der Waals surface area contributed by atoms with Crippen molar-refractivity contribution in [2.45, 2.75) is 52.4 Å². The van der Waals surface area contributed by atoms with Gasteiger partial charge in [-0.3, -0.25) is 9.89 Å². The van der Waals surface area contributed by atoms with Crippen molar-refractivity contribution in [2.75, 3.05) is 12.4 Å². The lowest BCUT2D eigenvalue weighted by molar-refractivity contribution is -0.118. The molecule has 2 aromatic rings. The quantitative estimate of drug-likeness (QED) is 0.731. The van der Waals surface area contributed by atoms with Gasteiger partial charge >= 0.3 is 0 Å². The molecule has 1 atom stereocenters. The monoisotopic (exact) mass is 391 g/mol. The molecule has 0 amide bonds. The second-order valence-electron chi connectivity index (χ2n) is 9.12. The van der Waals surface area contributed by atoms with Crippen molar-refractivity contribution in [3.63, 3.8) is 0 Å². The summed E-state index contributed by atoms with van der Waals surface area (Å²) >= 11 is 0. The van der Waals surface area contributed by atoms with Crippen LogP contribution in [0, 0.1) is 5.41 Å². The molecule has 0 saturated carbocycles. The first-order chi connectivity index (χ1) is 13.8. The van der Waals surface area contributed by atoms with Gasteiger partial charge in [-0.2, -0.15) is 5.10 Å². The van der Waals surface area contributed by atoms with Gasteiger partial charge < -0.3 is 10.1 Å². The minimum absolute atomic E-state index is 0.0398. The largest absolute Gasteiger partial charge is 0.497 e. The molecule has 2 N–H and O–H groups in total. The average molecular weight is 392 g/mol. The zero-order valence-corrected chi connectivity index (χ0v) is 17.8. The highest BCUT2D eigenvalue weighted by atomic mass is 16.5. The molecule has 5 nitrogen and oxygen atoms in total. The summed E-state index contributed by atoms with van der Waals surface area (Å²) in [6, 6.07) is 7.95. The smallest absolute Gasteiger partial charge is 0.162 e. The number of aromatic nitrogens is 2. The number of hydrogen-bond acceptors (Lipinski definition) is 4. The van der Waals surface area contributed by atoms with Crippen molar-refractivity contribution in [1.29, 1.82) is 0 Å². The number of fused-ring (bicyclic) bond motifs is 1. The molecule has 4 rings (SSSR count). The Morgan fingerprint density at radius 3 is 2.59 bits per heavy atom. The van der Waals surface area contributed by atoms with Crippen LogP contribution in [0.4, 0.5) is 5.82 Å². The van der Waals surface area contributed by atoms with E-state index in [1.807, 2.05) is 24.3 Å². The van der Waals surface area contributed by atoms with E-state index in [-0.39, 0.29) is 17.1 Å². The molecule has 1 aliphatic heterocycles. The van der Waals surface area contributed by atoms with Crippen molar-refractivity contribution in [3.05, 3.63) is 58.4 Å². The third-order valence-corrected chi connectivity index (χ3v) is 5.82. The standard InChI is InChI=1S/C24H29N3O2/c1-14(2)22-21-17(11-8-15-6-9-16(29-5)10-7-15)20-18(25-23(21)27-26-22)12-24(3,4)13-19(20)28/h6-11,14,17H,12-13H2,1-5H3,(H2,25,26,27)/b11-8+. The Morgan fingerprint density at radius 1 is 1.21 bits per heavy atom. The molecule has 0 radical (unpaired) electrons. The highest BCUT2D eigenvalue weighted by Gasteiger charge is 2.41. The first-order valence-electron chi connectivity index (χ1n) is 10.2. The van der Waals surface area contributed by atoms with Crippen molar-refractivity contribution in [1.82, 2.24) is 10.2 Å². The zero-order valence-electron chi connectivity index (χ0n) is 17.8. The lowest BCUT2D eigenvalue weighted by atomic mass is 9.70. The van der Waals surface area contributed by atoms with E-state index in [1.165, 1.54) is 0 Å². The van der Waals surface area contributed by atoms with Crippen molar-refractivity contribution >= 4 is 17.7 Å². The number of ether oxygens (including phenoxy) is 1. The summed E-state index contributed by atoms with van der Waals surface area (Å²) in [6.45, 7) is 8.60. The van der Waals surface area contributed by atoms with E-state index in [0.29, 0.717) is 12.3 Å². The maximum Gasteiger partial charge on any atom is 0.162 e. The van der Waals surface area contributed by atoms with Crippen LogP contribution in [-0.2, 0) is 4.79 Å². The summed E-state index contributed by atoms with van der Waals surface area (Å²) in [5, 5.41) is 11.2. The lowest BCUT2D eigenvalue weighted by Crippen LogP contribution is -2.33. The first-order valence-corrected chi connectivity index (χ1v) is 10.2. The minimum Gasteiger partial charge on any atom is -0.497 e. The predicted molar refractivity (Wildman–Crippen MR) is 116 cm³/mol. The van der Waals surface area contributed by atoms with Crippen LogP contribution in [0.3, 0.4) is 0 Å². The van der Waals surface area contributed by atoms with Gasteiger partial charge in [0, 0.05) is 34.9 Å². The molecule has 0 bridgehead atoms. The number of anilines is 1. The van der Waals surface area contributed by atoms with E-state index < -0.39 is 0 Å². The highest BCUT2D eigenvalue weighted by Crippen LogP contribution is 2.48. The van der Waals surface area contributed by atoms with Gasteiger partial charge in [-0.05, 0) is 35.4 Å². The van der Waals surface area contributed by atoms with Crippen molar-refractivity contribution in [3.8, 4) is 5.75 Å². The molecule has 0 spiro atoms. The van der Waals surface area contributed by atoms with Gasteiger partial charge in [0.2, 0.25) is 0 Å². The Kier molecular flexibility index (Phi) is 4.85. The minimum atomic E-state index is -0.0944. The summed E-state index contributed by atoms with van der Waals surface area (Å²) in [6.07, 6.45) is 5.66. The van der Waals surface area contributed by atoms with Crippen molar-refractivity contribution in [2.24, 2.45) is 5.41 Å². The van der Waals surface area contributed by atoms with Gasteiger partial charge in [0.15, 0.2) is 11.6 Å². The maximum atomic E-state index is 13.2. The SMILES string of the molecule is COc1ccc(/C=C/C2C3=C(CC(C)(C)CC3=O)Nc3n[nH]c(C(C)C)c32)cc1. The zero-order chi connectivity index (χ0) is 20.8. The normalized spacial score (nSPS) is 20.6. The van der Waals surface area contributed by atoms with Gasteiger partial charge in [-0.25, -0.2) is 0 Å². The number of allylic oxidation sites excluding steroid dienone is 3. The molecule has 0 saturated heterocycles. The summed E-state index contributed by atoms with van der Waals surface area (Å²) in [5.74, 6) is 2.11. The number of methoxy groups -OCH3 is 1. The molecule has 0 fully saturated rings. The fraction of sp³-hybridized carbons (Fsp3) is 0.417.